The van der Waals surface area contributed by atoms with Crippen molar-refractivity contribution in [3.05, 3.63) is 59.2 Å². The van der Waals surface area contributed by atoms with E-state index < -0.39 is 0 Å². The van der Waals surface area contributed by atoms with E-state index in [1.165, 1.54) is 0 Å². The molecule has 1 amide bonds. The van der Waals surface area contributed by atoms with Gasteiger partial charge in [0, 0.05) is 11.7 Å². The number of methoxy groups -OCH3 is 1. The molecule has 2 rings (SSSR count). The smallest absolute Gasteiger partial charge is 0.259 e. The number of amides is 1. The number of ether oxygens (including phenoxy) is 1. The highest BCUT2D eigenvalue weighted by Crippen LogP contribution is 2.22. The van der Waals surface area contributed by atoms with Gasteiger partial charge in [-0.05, 0) is 43.7 Å². The fraction of sp³-hybridized carbons (Fsp3) is 0.235. The van der Waals surface area contributed by atoms with Crippen LogP contribution < -0.4 is 15.8 Å². The average Bonchev–Trinajstić information content (AvgIpc) is 2.47. The average molecular weight is 284 g/mol. The normalized spacial score (nSPS) is 11.8. The van der Waals surface area contributed by atoms with Gasteiger partial charge >= 0.3 is 0 Å². The van der Waals surface area contributed by atoms with E-state index in [1.54, 1.807) is 13.2 Å². The van der Waals surface area contributed by atoms with Crippen molar-refractivity contribution in [2.75, 3.05) is 12.4 Å². The fourth-order valence-corrected chi connectivity index (χ4v) is 2.10. The van der Waals surface area contributed by atoms with Crippen LogP contribution in [0.1, 0.15) is 34.5 Å². The molecule has 0 saturated carbocycles. The van der Waals surface area contributed by atoms with Gasteiger partial charge in [0.2, 0.25) is 0 Å². The highest BCUT2D eigenvalue weighted by Gasteiger charge is 2.13. The number of nitrogens with two attached hydrogens (primary N) is 1. The SMILES string of the molecule is COc1ccc(C)cc1C(=O)Nc1cccc(C(C)N)c1. The molecule has 0 bridgehead atoms. The topological polar surface area (TPSA) is 64.3 Å². The Bertz CT molecular complexity index is 651. The Morgan fingerprint density at radius 2 is 2.00 bits per heavy atom. The molecule has 3 N–H and O–H groups in total. The third-order valence-corrected chi connectivity index (χ3v) is 3.27. The first-order chi connectivity index (χ1) is 10.0. The second-order valence-electron chi connectivity index (χ2n) is 5.07. The van der Waals surface area contributed by atoms with E-state index in [0.717, 1.165) is 16.8 Å². The van der Waals surface area contributed by atoms with E-state index in [1.807, 2.05) is 50.2 Å². The van der Waals surface area contributed by atoms with Gasteiger partial charge in [-0.25, -0.2) is 0 Å². The van der Waals surface area contributed by atoms with Gasteiger partial charge in [0.05, 0.1) is 12.7 Å². The van der Waals surface area contributed by atoms with Gasteiger partial charge in [-0.3, -0.25) is 4.79 Å². The van der Waals surface area contributed by atoms with E-state index in [0.29, 0.717) is 11.3 Å². The molecule has 0 aliphatic rings. The highest BCUT2D eigenvalue weighted by molar-refractivity contribution is 6.06. The maximum Gasteiger partial charge on any atom is 0.259 e. The predicted octanol–water partition coefficient (Wildman–Crippen LogP) is 3.28. The van der Waals surface area contributed by atoms with Crippen molar-refractivity contribution in [2.45, 2.75) is 19.9 Å². The fourth-order valence-electron chi connectivity index (χ4n) is 2.10. The number of hydrogen-bond acceptors (Lipinski definition) is 3. The summed E-state index contributed by atoms with van der Waals surface area (Å²) in [6.45, 7) is 3.84. The monoisotopic (exact) mass is 284 g/mol. The van der Waals surface area contributed by atoms with Crippen molar-refractivity contribution < 1.29 is 9.53 Å². The second kappa shape index (κ2) is 6.41. The van der Waals surface area contributed by atoms with Crippen molar-refractivity contribution in [3.8, 4) is 5.75 Å². The summed E-state index contributed by atoms with van der Waals surface area (Å²) < 4.78 is 5.24. The zero-order valence-electron chi connectivity index (χ0n) is 12.5. The molecule has 2 aromatic rings. The van der Waals surface area contributed by atoms with E-state index >= 15 is 0 Å². The molecule has 110 valence electrons. The molecule has 0 fully saturated rings. The Kier molecular flexibility index (Phi) is 4.60. The number of aryl methyl sites for hydroxylation is 1. The van der Waals surface area contributed by atoms with Crippen molar-refractivity contribution in [3.63, 3.8) is 0 Å². The summed E-state index contributed by atoms with van der Waals surface area (Å²) in [6.07, 6.45) is 0. The summed E-state index contributed by atoms with van der Waals surface area (Å²) in [7, 11) is 1.55. The van der Waals surface area contributed by atoms with Crippen LogP contribution in [-0.4, -0.2) is 13.0 Å². The molecule has 0 aliphatic carbocycles. The minimum Gasteiger partial charge on any atom is -0.496 e. The molecule has 4 nitrogen and oxygen atoms in total. The molecule has 21 heavy (non-hydrogen) atoms. The lowest BCUT2D eigenvalue weighted by Crippen LogP contribution is -2.14. The van der Waals surface area contributed by atoms with Crippen LogP contribution in [-0.2, 0) is 0 Å². The lowest BCUT2D eigenvalue weighted by molar-refractivity contribution is 0.102. The Balaban J connectivity index is 2.26. The second-order valence-corrected chi connectivity index (χ2v) is 5.07. The summed E-state index contributed by atoms with van der Waals surface area (Å²) in [5.74, 6) is 0.360. The van der Waals surface area contributed by atoms with Gasteiger partial charge in [-0.1, -0.05) is 23.8 Å². The lowest BCUT2D eigenvalue weighted by atomic mass is 10.1. The van der Waals surface area contributed by atoms with E-state index in [-0.39, 0.29) is 11.9 Å². The molecule has 0 saturated heterocycles. The molecular formula is C17H20N2O2. The summed E-state index contributed by atoms with van der Waals surface area (Å²) in [5, 5.41) is 2.88. The molecule has 1 atom stereocenters. The summed E-state index contributed by atoms with van der Waals surface area (Å²) >= 11 is 0. The van der Waals surface area contributed by atoms with Gasteiger partial charge in [0.25, 0.3) is 5.91 Å². The van der Waals surface area contributed by atoms with Crippen LogP contribution in [0.5, 0.6) is 5.75 Å². The maximum atomic E-state index is 12.4. The van der Waals surface area contributed by atoms with Crippen molar-refractivity contribution in [1.29, 1.82) is 0 Å². The number of nitrogens with one attached hydrogen (secondary N) is 1. The number of benzene rings is 2. The van der Waals surface area contributed by atoms with Crippen molar-refractivity contribution in [2.24, 2.45) is 5.73 Å². The predicted molar refractivity (Wildman–Crippen MR) is 84.7 cm³/mol. The largest absolute Gasteiger partial charge is 0.496 e. The molecule has 0 radical (unpaired) electrons. The van der Waals surface area contributed by atoms with E-state index in [2.05, 4.69) is 5.32 Å². The first-order valence-electron chi connectivity index (χ1n) is 6.83. The van der Waals surface area contributed by atoms with Gasteiger partial charge in [-0.2, -0.15) is 0 Å². The Morgan fingerprint density at radius 1 is 1.24 bits per heavy atom. The van der Waals surface area contributed by atoms with Crippen LogP contribution in [0.25, 0.3) is 0 Å². The molecule has 1 unspecified atom stereocenters. The highest BCUT2D eigenvalue weighted by atomic mass is 16.5. The van der Waals surface area contributed by atoms with Crippen molar-refractivity contribution in [1.82, 2.24) is 0 Å². The van der Waals surface area contributed by atoms with Gasteiger partial charge in [0.15, 0.2) is 0 Å². The molecular weight excluding hydrogens is 264 g/mol. The van der Waals surface area contributed by atoms with E-state index in [9.17, 15) is 4.79 Å². The quantitative estimate of drug-likeness (QED) is 0.905. The first kappa shape index (κ1) is 15.1. The van der Waals surface area contributed by atoms with E-state index in [4.69, 9.17) is 10.5 Å². The molecule has 0 heterocycles. The number of anilines is 1. The van der Waals surface area contributed by atoms with Crippen LogP contribution in [0.3, 0.4) is 0 Å². The third kappa shape index (κ3) is 3.61. The van der Waals surface area contributed by atoms with Gasteiger partial charge in [-0.15, -0.1) is 0 Å². The maximum absolute atomic E-state index is 12.4. The summed E-state index contributed by atoms with van der Waals surface area (Å²) in [4.78, 5) is 12.4. The van der Waals surface area contributed by atoms with Crippen molar-refractivity contribution >= 4 is 11.6 Å². The Hall–Kier alpha value is -2.33. The molecule has 0 spiro atoms. The number of hydrogen-bond donors (Lipinski definition) is 2. The molecule has 0 aliphatic heterocycles. The minimum atomic E-state index is -0.197. The minimum absolute atomic E-state index is 0.0737. The number of carbonyl (C=O) groups is 1. The van der Waals surface area contributed by atoms with Crippen LogP contribution in [0.15, 0.2) is 42.5 Å². The van der Waals surface area contributed by atoms with Crippen LogP contribution in [0, 0.1) is 6.92 Å². The Labute approximate surface area is 124 Å². The molecule has 4 heteroatoms. The summed E-state index contributed by atoms with van der Waals surface area (Å²) in [6, 6.07) is 13.0. The number of carbonyl (C=O) groups excluding carboxylic acids is 1. The van der Waals surface area contributed by atoms with Crippen LogP contribution >= 0.6 is 0 Å². The third-order valence-electron chi connectivity index (χ3n) is 3.27. The first-order valence-corrected chi connectivity index (χ1v) is 6.83. The van der Waals surface area contributed by atoms with Gasteiger partial charge < -0.3 is 15.8 Å². The van der Waals surface area contributed by atoms with Gasteiger partial charge in [0.1, 0.15) is 5.75 Å². The molecule has 0 aromatic heterocycles. The van der Waals surface area contributed by atoms with Crippen LogP contribution in [0.4, 0.5) is 5.69 Å². The molecule has 2 aromatic carbocycles. The number of rotatable bonds is 4. The Morgan fingerprint density at radius 3 is 2.67 bits per heavy atom. The van der Waals surface area contributed by atoms with Crippen LogP contribution in [0.2, 0.25) is 0 Å². The standard InChI is InChI=1S/C17H20N2O2/c1-11-7-8-16(21-3)15(9-11)17(20)19-14-6-4-5-13(10-14)12(2)18/h4-10,12H,18H2,1-3H3,(H,19,20). The zero-order valence-corrected chi connectivity index (χ0v) is 12.5. The lowest BCUT2D eigenvalue weighted by Gasteiger charge is -2.12. The summed E-state index contributed by atoms with van der Waals surface area (Å²) in [5.41, 5.74) is 9.08. The zero-order chi connectivity index (χ0) is 15.4.